The molecule has 0 bridgehead atoms. The Morgan fingerprint density at radius 1 is 0.974 bits per heavy atom. The Bertz CT molecular complexity index is 1170. The van der Waals surface area contributed by atoms with Gasteiger partial charge in [-0.1, -0.05) is 81.4 Å². The third-order valence-electron chi connectivity index (χ3n) is 8.60. The largest absolute Gasteiger partial charge is 0.460 e. The molecule has 0 saturated carbocycles. The fourth-order valence-electron chi connectivity index (χ4n) is 5.55. The fourth-order valence-corrected chi connectivity index (χ4v) is 6.80. The van der Waals surface area contributed by atoms with Crippen LogP contribution in [0.5, 0.6) is 0 Å². The first-order chi connectivity index (χ1) is 17.9. The Kier molecular flexibility index (Phi) is 8.34. The van der Waals surface area contributed by atoms with E-state index in [1.54, 1.807) is 0 Å². The minimum atomic E-state index is -2.23. The molecule has 0 N–H and O–H groups in total. The summed E-state index contributed by atoms with van der Waals surface area (Å²) in [6, 6.07) is 20.6. The van der Waals surface area contributed by atoms with Crippen LogP contribution in [0.1, 0.15) is 83.6 Å². The first-order valence-corrected chi connectivity index (χ1v) is 16.8. The second kappa shape index (κ2) is 11.2. The first-order valence-electron chi connectivity index (χ1n) is 13.9. The highest BCUT2D eigenvalue weighted by atomic mass is 28.4. The summed E-state index contributed by atoms with van der Waals surface area (Å²) in [6.07, 6.45) is 2.02. The molecule has 0 radical (unpaired) electrons. The molecule has 204 valence electrons. The maximum Gasteiger partial charge on any atom is 0.302 e. The van der Waals surface area contributed by atoms with Crippen LogP contribution in [-0.2, 0) is 18.8 Å². The Hall–Kier alpha value is -2.70. The predicted octanol–water partition coefficient (Wildman–Crippen LogP) is 7.52. The lowest BCUT2D eigenvalue weighted by molar-refractivity contribution is -0.151. The average molecular weight is 534 g/mol. The van der Waals surface area contributed by atoms with Crippen molar-refractivity contribution >= 4 is 20.1 Å². The highest BCUT2D eigenvalue weighted by molar-refractivity contribution is 6.74. The van der Waals surface area contributed by atoms with Crippen LogP contribution in [-0.4, -0.2) is 37.1 Å². The lowest BCUT2D eigenvalue weighted by Crippen LogP contribution is -2.52. The number of carbonyl (C=O) groups is 2. The van der Waals surface area contributed by atoms with Gasteiger partial charge in [-0.15, -0.1) is 0 Å². The van der Waals surface area contributed by atoms with Gasteiger partial charge in [0.25, 0.3) is 0 Å². The van der Waals surface area contributed by atoms with E-state index in [0.29, 0.717) is 12.8 Å². The Morgan fingerprint density at radius 2 is 1.55 bits per heavy atom. The number of allylic oxidation sites excluding steroid dienone is 1. The molecule has 0 aromatic heterocycles. The number of hydrogen-bond donors (Lipinski definition) is 0. The van der Waals surface area contributed by atoms with Gasteiger partial charge in [0.05, 0.1) is 18.2 Å². The molecule has 0 spiro atoms. The van der Waals surface area contributed by atoms with Crippen molar-refractivity contribution in [3.8, 4) is 0 Å². The maximum absolute atomic E-state index is 13.2. The summed E-state index contributed by atoms with van der Waals surface area (Å²) in [5, 5.41) is 0.0142. The molecule has 4 rings (SSSR count). The third kappa shape index (κ3) is 5.81. The van der Waals surface area contributed by atoms with Crippen LogP contribution in [0.2, 0.25) is 18.1 Å². The Labute approximate surface area is 229 Å². The van der Waals surface area contributed by atoms with Gasteiger partial charge in [-0.3, -0.25) is 9.59 Å². The lowest BCUT2D eigenvalue weighted by Gasteiger charge is -2.51. The second-order valence-corrected chi connectivity index (χ2v) is 17.0. The van der Waals surface area contributed by atoms with Gasteiger partial charge in [-0.25, -0.2) is 0 Å². The van der Waals surface area contributed by atoms with Crippen molar-refractivity contribution in [1.29, 1.82) is 0 Å². The molecule has 1 heterocycles. The van der Waals surface area contributed by atoms with Gasteiger partial charge in [0, 0.05) is 31.0 Å². The van der Waals surface area contributed by atoms with Crippen LogP contribution in [0, 0.1) is 0 Å². The van der Waals surface area contributed by atoms with Crippen molar-refractivity contribution in [2.24, 2.45) is 0 Å². The molecule has 2 aromatic carbocycles. The Morgan fingerprint density at radius 3 is 2.11 bits per heavy atom. The van der Waals surface area contributed by atoms with E-state index < -0.39 is 14.4 Å². The average Bonchev–Trinajstić information content (AvgIpc) is 2.86. The minimum absolute atomic E-state index is 0.0142. The predicted molar refractivity (Wildman–Crippen MR) is 154 cm³/mol. The van der Waals surface area contributed by atoms with E-state index in [1.807, 2.05) is 12.1 Å². The van der Waals surface area contributed by atoms with Gasteiger partial charge >= 0.3 is 5.97 Å². The van der Waals surface area contributed by atoms with Crippen LogP contribution in [0.4, 0.5) is 0 Å². The molecule has 1 aliphatic carbocycles. The SMILES string of the molecule is CC(=O)O[C@@H]1CC2=C(CCCC2=O)N([C@@H](c2ccccc2)[C@H](O[Si](C)(C)C(C)(C)C)c2ccccc2)[C@H]1C. The molecule has 2 aromatic rings. The number of hydrogen-bond acceptors (Lipinski definition) is 5. The van der Waals surface area contributed by atoms with Gasteiger partial charge in [-0.2, -0.15) is 0 Å². The monoisotopic (exact) mass is 533 g/mol. The van der Waals surface area contributed by atoms with Crippen molar-refractivity contribution in [3.63, 3.8) is 0 Å². The third-order valence-corrected chi connectivity index (χ3v) is 13.1. The number of Topliss-reactive ketones (excluding diaryl/α,β-unsaturated/α-hetero) is 1. The summed E-state index contributed by atoms with van der Waals surface area (Å²) in [7, 11) is -2.23. The minimum Gasteiger partial charge on any atom is -0.460 e. The standard InChI is InChI=1S/C32H43NO4Si/c1-22-29(36-23(2)34)21-26-27(19-14-20-28(26)35)33(22)30(24-15-10-8-11-16-24)31(25-17-12-9-13-18-25)37-38(6,7)32(3,4)5/h8-13,15-18,22,29-31H,14,19-21H2,1-7H3/t22-,29+,30-,31+/m0/s1. The molecular formula is C32H43NO4Si. The zero-order valence-corrected chi connectivity index (χ0v) is 25.0. The molecule has 2 aliphatic rings. The van der Waals surface area contributed by atoms with Crippen LogP contribution in [0.15, 0.2) is 71.9 Å². The zero-order valence-electron chi connectivity index (χ0n) is 24.0. The molecule has 38 heavy (non-hydrogen) atoms. The number of ketones is 1. The number of carbonyl (C=O) groups excluding carboxylic acids is 2. The smallest absolute Gasteiger partial charge is 0.302 e. The number of esters is 1. The van der Waals surface area contributed by atoms with Crippen LogP contribution < -0.4 is 0 Å². The van der Waals surface area contributed by atoms with E-state index >= 15 is 0 Å². The van der Waals surface area contributed by atoms with Gasteiger partial charge in [0.1, 0.15) is 6.10 Å². The molecule has 6 heteroatoms. The van der Waals surface area contributed by atoms with Gasteiger partial charge in [0.2, 0.25) is 0 Å². The summed E-state index contributed by atoms with van der Waals surface area (Å²) < 4.78 is 13.2. The molecule has 5 nitrogen and oxygen atoms in total. The fraction of sp³-hybridized carbons (Fsp3) is 0.500. The van der Waals surface area contributed by atoms with E-state index in [4.69, 9.17) is 9.16 Å². The molecule has 4 atom stereocenters. The van der Waals surface area contributed by atoms with E-state index in [2.05, 4.69) is 94.2 Å². The van der Waals surface area contributed by atoms with Crippen molar-refractivity contribution in [3.05, 3.63) is 83.1 Å². The topological polar surface area (TPSA) is 55.8 Å². The molecular weight excluding hydrogens is 490 g/mol. The molecule has 0 fully saturated rings. The van der Waals surface area contributed by atoms with Gasteiger partial charge in [0.15, 0.2) is 14.1 Å². The van der Waals surface area contributed by atoms with Crippen molar-refractivity contribution in [2.45, 2.75) is 103 Å². The Balaban J connectivity index is 1.95. The molecule has 1 aliphatic heterocycles. The molecule has 0 saturated heterocycles. The van der Waals surface area contributed by atoms with E-state index in [0.717, 1.165) is 35.2 Å². The lowest BCUT2D eigenvalue weighted by atomic mass is 9.81. The first kappa shape index (κ1) is 28.3. The maximum atomic E-state index is 13.2. The second-order valence-electron chi connectivity index (χ2n) is 12.3. The van der Waals surface area contributed by atoms with E-state index in [-0.39, 0.29) is 35.0 Å². The van der Waals surface area contributed by atoms with Gasteiger partial charge in [-0.05, 0) is 49.0 Å². The summed E-state index contributed by atoms with van der Waals surface area (Å²) in [6.45, 7) is 15.0. The van der Waals surface area contributed by atoms with Crippen LogP contribution in [0.25, 0.3) is 0 Å². The van der Waals surface area contributed by atoms with Crippen LogP contribution in [0.3, 0.4) is 0 Å². The van der Waals surface area contributed by atoms with Crippen molar-refractivity contribution < 1.29 is 18.8 Å². The quantitative estimate of drug-likeness (QED) is 0.272. The van der Waals surface area contributed by atoms with Crippen LogP contribution >= 0.6 is 0 Å². The van der Waals surface area contributed by atoms with Gasteiger partial charge < -0.3 is 14.1 Å². The highest BCUT2D eigenvalue weighted by Crippen LogP contribution is 2.49. The zero-order chi connectivity index (χ0) is 27.7. The molecule has 0 unspecified atom stereocenters. The highest BCUT2D eigenvalue weighted by Gasteiger charge is 2.47. The van der Waals surface area contributed by atoms with Crippen molar-refractivity contribution in [1.82, 2.24) is 4.90 Å². The molecule has 0 amide bonds. The number of rotatable bonds is 7. The number of nitrogens with zero attached hydrogens (tertiary/aromatic N) is 1. The van der Waals surface area contributed by atoms with Crippen molar-refractivity contribution in [2.75, 3.05) is 0 Å². The number of ether oxygens (including phenoxy) is 1. The summed E-state index contributed by atoms with van der Waals surface area (Å²) in [4.78, 5) is 27.7. The summed E-state index contributed by atoms with van der Waals surface area (Å²) >= 11 is 0. The van der Waals surface area contributed by atoms with E-state index in [1.165, 1.54) is 6.92 Å². The van der Waals surface area contributed by atoms with E-state index in [9.17, 15) is 9.59 Å². The normalized spacial score (nSPS) is 22.1. The summed E-state index contributed by atoms with van der Waals surface area (Å²) in [5.74, 6) is -0.142. The summed E-state index contributed by atoms with van der Waals surface area (Å²) in [5.41, 5.74) is 4.14. The number of benzene rings is 2.